The quantitative estimate of drug-likeness (QED) is 0.269. The number of nitrogens with zero attached hydrogens (tertiary/aromatic N) is 1. The van der Waals surface area contributed by atoms with Gasteiger partial charge in [0.15, 0.2) is 5.96 Å². The number of amides is 2. The van der Waals surface area contributed by atoms with Crippen LogP contribution >= 0.6 is 0 Å². The van der Waals surface area contributed by atoms with E-state index in [1.165, 1.54) is 0 Å². The summed E-state index contributed by atoms with van der Waals surface area (Å²) in [4.78, 5) is 38.4. The Morgan fingerprint density at radius 1 is 1.21 bits per heavy atom. The Hall–Kier alpha value is -3.10. The molecular formula is C19H28N4O5. The number of ether oxygens (including phenoxy) is 2. The summed E-state index contributed by atoms with van der Waals surface area (Å²) in [5.74, 6) is -0.0826. The van der Waals surface area contributed by atoms with E-state index < -0.39 is 23.8 Å². The van der Waals surface area contributed by atoms with Crippen molar-refractivity contribution in [1.29, 1.82) is 0 Å². The Labute approximate surface area is 164 Å². The third-order valence-electron chi connectivity index (χ3n) is 3.26. The van der Waals surface area contributed by atoms with Crippen molar-refractivity contribution in [2.24, 2.45) is 10.7 Å². The average molecular weight is 392 g/mol. The molecule has 0 radical (unpaired) electrons. The van der Waals surface area contributed by atoms with Crippen LogP contribution in [0.25, 0.3) is 0 Å². The maximum atomic E-state index is 11.7. The fourth-order valence-corrected chi connectivity index (χ4v) is 2.05. The smallest absolute Gasteiger partial charge is 0.414 e. The molecule has 1 rings (SSSR count). The summed E-state index contributed by atoms with van der Waals surface area (Å²) in [6.07, 6.45) is 0.104. The second-order valence-electron chi connectivity index (χ2n) is 6.98. The minimum absolute atomic E-state index is 0.0826. The minimum Gasteiger partial charge on any atom is -0.444 e. The van der Waals surface area contributed by atoms with Gasteiger partial charge in [-0.25, -0.2) is 9.59 Å². The molecule has 4 N–H and O–H groups in total. The van der Waals surface area contributed by atoms with E-state index in [1.807, 2.05) is 30.3 Å². The molecule has 0 heterocycles. The first-order valence-corrected chi connectivity index (χ1v) is 8.92. The molecular weight excluding hydrogens is 364 g/mol. The van der Waals surface area contributed by atoms with E-state index in [0.717, 1.165) is 5.56 Å². The maximum absolute atomic E-state index is 11.7. The zero-order chi connectivity index (χ0) is 21.0. The van der Waals surface area contributed by atoms with Crippen LogP contribution in [0.15, 0.2) is 35.3 Å². The molecule has 0 aromatic heterocycles. The lowest BCUT2D eigenvalue weighted by atomic mass is 10.2. The highest BCUT2D eigenvalue weighted by Crippen LogP contribution is 2.07. The van der Waals surface area contributed by atoms with E-state index in [2.05, 4.69) is 15.6 Å². The van der Waals surface area contributed by atoms with Crippen LogP contribution in [0.1, 0.15) is 39.2 Å². The van der Waals surface area contributed by atoms with E-state index >= 15 is 0 Å². The van der Waals surface area contributed by atoms with Gasteiger partial charge in [-0.05, 0) is 39.2 Å². The molecule has 1 aromatic rings. The Morgan fingerprint density at radius 2 is 1.89 bits per heavy atom. The summed E-state index contributed by atoms with van der Waals surface area (Å²) in [6.45, 7) is 5.59. The van der Waals surface area contributed by atoms with Crippen LogP contribution in [-0.2, 0) is 20.9 Å². The molecule has 2 amide bonds. The zero-order valence-electron chi connectivity index (χ0n) is 16.4. The van der Waals surface area contributed by atoms with Gasteiger partial charge in [-0.1, -0.05) is 30.3 Å². The van der Waals surface area contributed by atoms with Crippen molar-refractivity contribution < 1.29 is 23.9 Å². The Bertz CT molecular complexity index is 671. The van der Waals surface area contributed by atoms with Crippen LogP contribution < -0.4 is 16.4 Å². The van der Waals surface area contributed by atoms with Crippen molar-refractivity contribution in [3.05, 3.63) is 35.9 Å². The number of carbonyl (C=O) groups is 3. The second-order valence-corrected chi connectivity index (χ2v) is 6.98. The van der Waals surface area contributed by atoms with Gasteiger partial charge in [0.1, 0.15) is 18.5 Å². The first-order chi connectivity index (χ1) is 13.2. The summed E-state index contributed by atoms with van der Waals surface area (Å²) in [5, 5.41) is 4.79. The van der Waals surface area contributed by atoms with Crippen molar-refractivity contribution in [2.45, 2.75) is 51.9 Å². The van der Waals surface area contributed by atoms with Crippen LogP contribution in [0.2, 0.25) is 0 Å². The largest absolute Gasteiger partial charge is 0.444 e. The lowest BCUT2D eigenvalue weighted by Crippen LogP contribution is -2.40. The van der Waals surface area contributed by atoms with Crippen molar-refractivity contribution >= 4 is 24.4 Å². The van der Waals surface area contributed by atoms with Crippen molar-refractivity contribution in [2.75, 3.05) is 6.54 Å². The number of nitrogens with two attached hydrogens (primary N) is 1. The van der Waals surface area contributed by atoms with Gasteiger partial charge in [-0.2, -0.15) is 0 Å². The molecule has 154 valence electrons. The Morgan fingerprint density at radius 3 is 2.50 bits per heavy atom. The fraction of sp³-hybridized carbons (Fsp3) is 0.474. The first-order valence-electron chi connectivity index (χ1n) is 8.92. The highest BCUT2D eigenvalue weighted by Gasteiger charge is 2.18. The van der Waals surface area contributed by atoms with Gasteiger partial charge in [0.05, 0.1) is 6.04 Å². The third-order valence-corrected chi connectivity index (χ3v) is 3.26. The van der Waals surface area contributed by atoms with Gasteiger partial charge < -0.3 is 25.3 Å². The molecule has 9 nitrogen and oxygen atoms in total. The molecule has 0 saturated carbocycles. The number of aldehydes is 1. The van der Waals surface area contributed by atoms with Gasteiger partial charge >= 0.3 is 12.2 Å². The number of benzene rings is 1. The number of carbonyl (C=O) groups excluding carboxylic acids is 3. The van der Waals surface area contributed by atoms with Gasteiger partial charge in [0.25, 0.3) is 0 Å². The molecule has 9 heteroatoms. The monoisotopic (exact) mass is 392 g/mol. The first kappa shape index (κ1) is 22.9. The number of nitrogens with one attached hydrogen (secondary N) is 2. The van der Waals surface area contributed by atoms with Crippen molar-refractivity contribution in [3.8, 4) is 0 Å². The van der Waals surface area contributed by atoms with Crippen LogP contribution in [0.3, 0.4) is 0 Å². The SMILES string of the molecule is CC(C)(C)OC(=O)N[C@H](C=O)CCCN=C(N)NC(=O)OCc1ccccc1. The molecule has 0 unspecified atom stereocenters. The molecule has 0 fully saturated rings. The van der Waals surface area contributed by atoms with Crippen LogP contribution in [0.4, 0.5) is 9.59 Å². The van der Waals surface area contributed by atoms with E-state index in [9.17, 15) is 14.4 Å². The fourth-order valence-electron chi connectivity index (χ4n) is 2.05. The molecule has 0 bridgehead atoms. The minimum atomic E-state index is -0.706. The number of aliphatic imine (C=N–C) groups is 1. The molecule has 0 aliphatic rings. The topological polar surface area (TPSA) is 132 Å². The molecule has 1 atom stereocenters. The van der Waals surface area contributed by atoms with E-state index in [-0.39, 0.29) is 19.1 Å². The van der Waals surface area contributed by atoms with E-state index in [1.54, 1.807) is 20.8 Å². The van der Waals surface area contributed by atoms with Gasteiger partial charge in [0.2, 0.25) is 0 Å². The normalized spacial score (nSPS) is 12.6. The second kappa shape index (κ2) is 11.6. The summed E-state index contributed by atoms with van der Waals surface area (Å²) in [6, 6.07) is 8.54. The number of guanidine groups is 1. The molecule has 0 aliphatic heterocycles. The maximum Gasteiger partial charge on any atom is 0.414 e. The number of rotatable bonds is 8. The predicted octanol–water partition coefficient (Wildman–Crippen LogP) is 2.10. The van der Waals surface area contributed by atoms with E-state index in [4.69, 9.17) is 15.2 Å². The lowest BCUT2D eigenvalue weighted by molar-refractivity contribution is -0.109. The van der Waals surface area contributed by atoms with Gasteiger partial charge in [-0.3, -0.25) is 10.3 Å². The number of hydrogen-bond donors (Lipinski definition) is 3. The van der Waals surface area contributed by atoms with Gasteiger partial charge in [-0.15, -0.1) is 0 Å². The van der Waals surface area contributed by atoms with Gasteiger partial charge in [0, 0.05) is 6.54 Å². The lowest BCUT2D eigenvalue weighted by Gasteiger charge is -2.21. The summed E-state index contributed by atoms with van der Waals surface area (Å²) < 4.78 is 10.1. The summed E-state index contributed by atoms with van der Waals surface area (Å²) in [5.41, 5.74) is 5.83. The molecule has 1 aromatic carbocycles. The summed E-state index contributed by atoms with van der Waals surface area (Å²) >= 11 is 0. The molecule has 0 saturated heterocycles. The van der Waals surface area contributed by atoms with Crippen LogP contribution in [0.5, 0.6) is 0 Å². The molecule has 28 heavy (non-hydrogen) atoms. The number of hydrogen-bond acceptors (Lipinski definition) is 6. The highest BCUT2D eigenvalue weighted by atomic mass is 16.6. The Kier molecular flexibility index (Phi) is 9.49. The molecule has 0 aliphatic carbocycles. The average Bonchev–Trinajstić information content (AvgIpc) is 2.61. The molecule has 0 spiro atoms. The predicted molar refractivity (Wildman–Crippen MR) is 105 cm³/mol. The number of alkyl carbamates (subject to hydrolysis) is 2. The zero-order valence-corrected chi connectivity index (χ0v) is 16.4. The highest BCUT2D eigenvalue weighted by molar-refractivity contribution is 5.92. The Balaban J connectivity index is 2.27. The standard InChI is InChI=1S/C19H28N4O5/c1-19(2,3)28-18(26)22-15(12-24)10-7-11-21-16(20)23-17(25)27-13-14-8-5-4-6-9-14/h4-6,8-9,12,15H,7,10-11,13H2,1-3H3,(H,22,26)(H3,20,21,23,25)/t15-/m0/s1. The van der Waals surface area contributed by atoms with Crippen molar-refractivity contribution in [3.63, 3.8) is 0 Å². The van der Waals surface area contributed by atoms with Crippen LogP contribution in [0, 0.1) is 0 Å². The summed E-state index contributed by atoms with van der Waals surface area (Å²) in [7, 11) is 0. The van der Waals surface area contributed by atoms with E-state index in [0.29, 0.717) is 19.1 Å². The van der Waals surface area contributed by atoms with Crippen molar-refractivity contribution in [1.82, 2.24) is 10.6 Å². The van der Waals surface area contributed by atoms with Crippen LogP contribution in [-0.4, -0.2) is 42.6 Å². The third kappa shape index (κ3) is 10.8.